The van der Waals surface area contributed by atoms with E-state index in [0.717, 1.165) is 25.5 Å². The van der Waals surface area contributed by atoms with Gasteiger partial charge in [-0.3, -0.25) is 0 Å². The summed E-state index contributed by atoms with van der Waals surface area (Å²) >= 11 is 0. The summed E-state index contributed by atoms with van der Waals surface area (Å²) in [5, 5.41) is 3.20. The van der Waals surface area contributed by atoms with Gasteiger partial charge in [0.2, 0.25) is 5.88 Å². The molecule has 3 nitrogen and oxygen atoms in total. The minimum absolute atomic E-state index is 0.0218. The molecule has 94 valence electrons. The van der Waals surface area contributed by atoms with E-state index in [4.69, 9.17) is 4.74 Å². The Balaban J connectivity index is 1.96. The largest absolute Gasteiger partial charge is 0.476 e. The summed E-state index contributed by atoms with van der Waals surface area (Å²) in [6.07, 6.45) is -2.37. The first-order valence-corrected chi connectivity index (χ1v) is 5.46. The molecule has 2 heterocycles. The van der Waals surface area contributed by atoms with E-state index in [0.29, 0.717) is 6.61 Å². The first-order valence-electron chi connectivity index (χ1n) is 5.46. The van der Waals surface area contributed by atoms with Crippen LogP contribution in [0.3, 0.4) is 0 Å². The van der Waals surface area contributed by atoms with Crippen LogP contribution in [-0.4, -0.2) is 24.2 Å². The van der Waals surface area contributed by atoms with Crippen molar-refractivity contribution >= 4 is 0 Å². The molecule has 0 aromatic carbocycles. The Morgan fingerprint density at radius 2 is 2.24 bits per heavy atom. The van der Waals surface area contributed by atoms with Crippen molar-refractivity contribution in [1.29, 1.82) is 0 Å². The lowest BCUT2D eigenvalue weighted by Gasteiger charge is -2.12. The Kier molecular flexibility index (Phi) is 3.51. The maximum atomic E-state index is 12.4. The number of rotatable bonds is 3. The van der Waals surface area contributed by atoms with Crippen LogP contribution in [0.15, 0.2) is 18.2 Å². The van der Waals surface area contributed by atoms with E-state index in [9.17, 15) is 13.2 Å². The molecule has 0 saturated carbocycles. The molecule has 0 amide bonds. The normalized spacial score (nSPS) is 20.5. The zero-order valence-electron chi connectivity index (χ0n) is 9.13. The van der Waals surface area contributed by atoms with Crippen LogP contribution in [0.1, 0.15) is 18.5 Å². The fraction of sp³-hybridized carbons (Fsp3) is 0.545. The van der Waals surface area contributed by atoms with Gasteiger partial charge in [-0.2, -0.15) is 13.2 Å². The number of ether oxygens (including phenoxy) is 1. The van der Waals surface area contributed by atoms with Gasteiger partial charge in [0.25, 0.3) is 0 Å². The SMILES string of the molecule is FC(F)(F)c1cccc(OCC2CCCN2)n1. The number of hydrogen-bond acceptors (Lipinski definition) is 3. The second-order valence-electron chi connectivity index (χ2n) is 3.96. The van der Waals surface area contributed by atoms with E-state index in [1.165, 1.54) is 12.1 Å². The molecule has 1 fully saturated rings. The second-order valence-corrected chi connectivity index (χ2v) is 3.96. The van der Waals surface area contributed by atoms with Crippen molar-refractivity contribution in [3.63, 3.8) is 0 Å². The molecule has 1 aromatic heterocycles. The van der Waals surface area contributed by atoms with Gasteiger partial charge >= 0.3 is 6.18 Å². The van der Waals surface area contributed by atoms with Gasteiger partial charge in [0.15, 0.2) is 0 Å². The Hall–Kier alpha value is -1.30. The Morgan fingerprint density at radius 1 is 1.41 bits per heavy atom. The molecular weight excluding hydrogens is 233 g/mol. The molecule has 1 aliphatic rings. The number of alkyl halides is 3. The molecule has 2 rings (SSSR count). The topological polar surface area (TPSA) is 34.1 Å². The van der Waals surface area contributed by atoms with E-state index in [1.807, 2.05) is 0 Å². The van der Waals surface area contributed by atoms with Gasteiger partial charge < -0.3 is 10.1 Å². The van der Waals surface area contributed by atoms with Gasteiger partial charge in [-0.05, 0) is 25.5 Å². The molecule has 1 atom stereocenters. The summed E-state index contributed by atoms with van der Waals surface area (Å²) < 4.78 is 42.4. The molecular formula is C11H13F3N2O. The highest BCUT2D eigenvalue weighted by atomic mass is 19.4. The van der Waals surface area contributed by atoms with Crippen LogP contribution >= 0.6 is 0 Å². The smallest absolute Gasteiger partial charge is 0.433 e. The number of aromatic nitrogens is 1. The molecule has 0 aliphatic carbocycles. The van der Waals surface area contributed by atoms with E-state index in [2.05, 4.69) is 10.3 Å². The summed E-state index contributed by atoms with van der Waals surface area (Å²) in [5.74, 6) is 0.0218. The summed E-state index contributed by atoms with van der Waals surface area (Å²) in [7, 11) is 0. The first-order chi connectivity index (χ1) is 8.05. The van der Waals surface area contributed by atoms with Crippen LogP contribution in [0.4, 0.5) is 13.2 Å². The first kappa shape index (κ1) is 12.2. The van der Waals surface area contributed by atoms with E-state index in [1.54, 1.807) is 0 Å². The predicted molar refractivity (Wildman–Crippen MR) is 55.8 cm³/mol. The van der Waals surface area contributed by atoms with Crippen molar-refractivity contribution in [2.75, 3.05) is 13.2 Å². The molecule has 1 N–H and O–H groups in total. The van der Waals surface area contributed by atoms with Crippen molar-refractivity contribution in [1.82, 2.24) is 10.3 Å². The van der Waals surface area contributed by atoms with Crippen molar-refractivity contribution in [2.45, 2.75) is 25.1 Å². The Labute approximate surface area is 97.0 Å². The standard InChI is InChI=1S/C11H13F3N2O/c12-11(13,14)9-4-1-5-10(16-9)17-7-8-3-2-6-15-8/h1,4-5,8,15H,2-3,6-7H2. The quantitative estimate of drug-likeness (QED) is 0.888. The van der Waals surface area contributed by atoms with Crippen LogP contribution in [0.25, 0.3) is 0 Å². The number of pyridine rings is 1. The van der Waals surface area contributed by atoms with Gasteiger partial charge in [-0.25, -0.2) is 4.98 Å². The lowest BCUT2D eigenvalue weighted by atomic mass is 10.2. The van der Waals surface area contributed by atoms with Crippen LogP contribution in [-0.2, 0) is 6.18 Å². The molecule has 1 aliphatic heterocycles. The molecule has 0 radical (unpaired) electrons. The van der Waals surface area contributed by atoms with Gasteiger partial charge in [-0.15, -0.1) is 0 Å². The Bertz CT molecular complexity index is 375. The van der Waals surface area contributed by atoms with E-state index < -0.39 is 11.9 Å². The summed E-state index contributed by atoms with van der Waals surface area (Å²) in [6, 6.07) is 3.88. The fourth-order valence-electron chi connectivity index (χ4n) is 1.74. The highest BCUT2D eigenvalue weighted by molar-refractivity contribution is 5.17. The van der Waals surface area contributed by atoms with Gasteiger partial charge in [-0.1, -0.05) is 6.07 Å². The van der Waals surface area contributed by atoms with Crippen molar-refractivity contribution in [3.8, 4) is 5.88 Å². The maximum absolute atomic E-state index is 12.4. The van der Waals surface area contributed by atoms with Crippen molar-refractivity contribution in [2.24, 2.45) is 0 Å². The number of hydrogen-bond donors (Lipinski definition) is 1. The average Bonchev–Trinajstić information content (AvgIpc) is 2.78. The number of nitrogens with zero attached hydrogens (tertiary/aromatic N) is 1. The minimum Gasteiger partial charge on any atom is -0.476 e. The molecule has 1 saturated heterocycles. The predicted octanol–water partition coefficient (Wildman–Crippen LogP) is 2.23. The minimum atomic E-state index is -4.43. The second kappa shape index (κ2) is 4.91. The van der Waals surface area contributed by atoms with Crippen LogP contribution in [0, 0.1) is 0 Å². The molecule has 0 bridgehead atoms. The highest BCUT2D eigenvalue weighted by Gasteiger charge is 2.32. The lowest BCUT2D eigenvalue weighted by Crippen LogP contribution is -2.28. The molecule has 1 unspecified atom stereocenters. The summed E-state index contributed by atoms with van der Waals surface area (Å²) in [6.45, 7) is 1.29. The number of halogens is 3. The zero-order valence-corrected chi connectivity index (χ0v) is 9.13. The zero-order chi connectivity index (χ0) is 12.3. The summed E-state index contributed by atoms with van der Waals surface area (Å²) in [4.78, 5) is 3.43. The Morgan fingerprint density at radius 3 is 2.88 bits per heavy atom. The van der Waals surface area contributed by atoms with Crippen LogP contribution in [0.2, 0.25) is 0 Å². The lowest BCUT2D eigenvalue weighted by molar-refractivity contribution is -0.141. The van der Waals surface area contributed by atoms with Gasteiger partial charge in [0.1, 0.15) is 12.3 Å². The van der Waals surface area contributed by atoms with Crippen molar-refractivity contribution < 1.29 is 17.9 Å². The molecule has 1 aromatic rings. The van der Waals surface area contributed by atoms with Gasteiger partial charge in [0.05, 0.1) is 0 Å². The third-order valence-corrected chi connectivity index (χ3v) is 2.61. The van der Waals surface area contributed by atoms with Crippen LogP contribution in [0.5, 0.6) is 5.88 Å². The number of nitrogens with one attached hydrogen (secondary N) is 1. The third-order valence-electron chi connectivity index (χ3n) is 2.61. The molecule has 0 spiro atoms. The average molecular weight is 246 g/mol. The molecule has 17 heavy (non-hydrogen) atoms. The van der Waals surface area contributed by atoms with E-state index >= 15 is 0 Å². The van der Waals surface area contributed by atoms with Crippen molar-refractivity contribution in [3.05, 3.63) is 23.9 Å². The van der Waals surface area contributed by atoms with Gasteiger partial charge in [0, 0.05) is 12.1 Å². The molecule has 6 heteroatoms. The summed E-state index contributed by atoms with van der Waals surface area (Å²) in [5.41, 5.74) is -0.922. The highest BCUT2D eigenvalue weighted by Crippen LogP contribution is 2.28. The fourth-order valence-corrected chi connectivity index (χ4v) is 1.74. The van der Waals surface area contributed by atoms with E-state index in [-0.39, 0.29) is 11.9 Å². The monoisotopic (exact) mass is 246 g/mol. The third kappa shape index (κ3) is 3.33. The maximum Gasteiger partial charge on any atom is 0.433 e. The van der Waals surface area contributed by atoms with Crippen LogP contribution < -0.4 is 10.1 Å².